The molecule has 1 N–H and O–H groups in total. The zero-order valence-corrected chi connectivity index (χ0v) is 16.6. The molecule has 3 aromatic rings. The number of aliphatic hydroxyl groups is 1. The van der Waals surface area contributed by atoms with Crippen LogP contribution in [-0.4, -0.2) is 34.9 Å². The molecule has 2 aliphatic rings. The van der Waals surface area contributed by atoms with Gasteiger partial charge in [-0.25, -0.2) is 0 Å². The van der Waals surface area contributed by atoms with Gasteiger partial charge in [-0.05, 0) is 41.8 Å². The van der Waals surface area contributed by atoms with E-state index in [0.717, 1.165) is 4.88 Å². The molecule has 0 saturated carbocycles. The summed E-state index contributed by atoms with van der Waals surface area (Å²) in [5.74, 6) is -0.0339. The first kappa shape index (κ1) is 18.5. The van der Waals surface area contributed by atoms with Gasteiger partial charge >= 0.3 is 0 Å². The van der Waals surface area contributed by atoms with Gasteiger partial charge in [0, 0.05) is 10.4 Å². The Bertz CT molecular complexity index is 1130. The number of carbonyl (C=O) groups excluding carboxylic acids is 2. The van der Waals surface area contributed by atoms with Gasteiger partial charge in [-0.3, -0.25) is 9.59 Å². The third-order valence-corrected chi connectivity index (χ3v) is 6.00. The van der Waals surface area contributed by atoms with Gasteiger partial charge in [0.25, 0.3) is 11.7 Å². The number of hydrogen-bond acceptors (Lipinski definition) is 7. The third kappa shape index (κ3) is 3.05. The fraction of sp³-hybridized carbons (Fsp3) is 0.182. The van der Waals surface area contributed by atoms with Crippen LogP contribution in [0.3, 0.4) is 0 Å². The third-order valence-electron chi connectivity index (χ3n) is 5.07. The number of nitrogens with zero attached hydrogens (tertiary/aromatic N) is 1. The summed E-state index contributed by atoms with van der Waals surface area (Å²) in [5.41, 5.74) is 0.433. The van der Waals surface area contributed by atoms with Crippen LogP contribution in [0.2, 0.25) is 0 Å². The Morgan fingerprint density at radius 1 is 1.10 bits per heavy atom. The maximum absolute atomic E-state index is 13.0. The average molecular weight is 423 g/mol. The molecule has 1 saturated heterocycles. The fourth-order valence-electron chi connectivity index (χ4n) is 3.70. The first-order chi connectivity index (χ1) is 14.6. The second-order valence-corrected chi connectivity index (χ2v) is 7.86. The van der Waals surface area contributed by atoms with E-state index in [9.17, 15) is 14.7 Å². The summed E-state index contributed by atoms with van der Waals surface area (Å²) < 4.78 is 16.5. The van der Waals surface area contributed by atoms with Crippen molar-refractivity contribution in [3.63, 3.8) is 0 Å². The Morgan fingerprint density at radius 3 is 2.67 bits per heavy atom. The highest BCUT2D eigenvalue weighted by Gasteiger charge is 2.46. The van der Waals surface area contributed by atoms with Crippen LogP contribution in [0, 0.1) is 0 Å². The number of rotatable bonds is 4. The molecule has 0 spiro atoms. The number of carbonyl (C=O) groups is 2. The Kier molecular flexibility index (Phi) is 4.55. The maximum Gasteiger partial charge on any atom is 0.296 e. The maximum atomic E-state index is 13.0. The van der Waals surface area contributed by atoms with Crippen molar-refractivity contribution in [2.75, 3.05) is 13.2 Å². The van der Waals surface area contributed by atoms with Gasteiger partial charge in [-0.15, -0.1) is 11.3 Å². The minimum Gasteiger partial charge on any atom is -0.507 e. The van der Waals surface area contributed by atoms with E-state index >= 15 is 0 Å². The molecule has 0 bridgehead atoms. The Balaban J connectivity index is 1.61. The van der Waals surface area contributed by atoms with Crippen LogP contribution in [0.5, 0.6) is 11.5 Å². The largest absolute Gasteiger partial charge is 0.507 e. The Morgan fingerprint density at radius 2 is 1.93 bits per heavy atom. The Hall–Kier alpha value is -3.52. The van der Waals surface area contributed by atoms with Gasteiger partial charge in [-0.2, -0.15) is 0 Å². The number of aliphatic hydroxyl groups excluding tert-OH is 1. The van der Waals surface area contributed by atoms with E-state index in [1.165, 1.54) is 22.5 Å². The van der Waals surface area contributed by atoms with Gasteiger partial charge in [0.1, 0.15) is 30.8 Å². The van der Waals surface area contributed by atoms with Crippen molar-refractivity contribution in [3.8, 4) is 11.5 Å². The molecule has 5 rings (SSSR count). The van der Waals surface area contributed by atoms with E-state index < -0.39 is 17.7 Å². The molecule has 30 heavy (non-hydrogen) atoms. The van der Waals surface area contributed by atoms with E-state index in [4.69, 9.17) is 13.9 Å². The van der Waals surface area contributed by atoms with Gasteiger partial charge in [0.15, 0.2) is 11.5 Å². The first-order valence-electron chi connectivity index (χ1n) is 9.37. The molecule has 7 nitrogen and oxygen atoms in total. The zero-order chi connectivity index (χ0) is 20.7. The minimum absolute atomic E-state index is 0.0469. The monoisotopic (exact) mass is 423 g/mol. The number of amides is 1. The molecule has 0 radical (unpaired) electrons. The summed E-state index contributed by atoms with van der Waals surface area (Å²) in [6.45, 7) is 0.979. The van der Waals surface area contributed by atoms with Crippen molar-refractivity contribution in [3.05, 3.63) is 75.9 Å². The molecule has 152 valence electrons. The standard InChI is InChI=1S/C22H17NO6S/c24-20(13-5-6-15-16(11-13)29-9-8-28-15)18-19(17-4-2-10-30-17)23(22(26)21(18)25)12-14-3-1-7-27-14/h1-7,10-11,19,24H,8-9,12H2. The Labute approximate surface area is 175 Å². The molecular formula is C22H17NO6S. The topological polar surface area (TPSA) is 89.2 Å². The van der Waals surface area contributed by atoms with Crippen LogP contribution in [0.1, 0.15) is 22.2 Å². The molecule has 1 atom stereocenters. The van der Waals surface area contributed by atoms with Crippen LogP contribution in [0.15, 0.2) is 64.1 Å². The van der Waals surface area contributed by atoms with Crippen molar-refractivity contribution in [1.82, 2.24) is 4.90 Å². The molecule has 4 heterocycles. The molecule has 1 unspecified atom stereocenters. The molecule has 1 amide bonds. The van der Waals surface area contributed by atoms with E-state index in [-0.39, 0.29) is 17.9 Å². The normalized spacial score (nSPS) is 20.0. The highest BCUT2D eigenvalue weighted by atomic mass is 32.1. The molecule has 2 aliphatic heterocycles. The van der Waals surface area contributed by atoms with Crippen LogP contribution in [0.25, 0.3) is 5.76 Å². The minimum atomic E-state index is -0.729. The SMILES string of the molecule is O=C1C(=O)N(Cc2ccco2)C(c2cccs2)C1=C(O)c1ccc2c(c1)OCCO2. The predicted octanol–water partition coefficient (Wildman–Crippen LogP) is 3.73. The molecule has 8 heteroatoms. The van der Waals surface area contributed by atoms with Crippen molar-refractivity contribution >= 4 is 28.8 Å². The lowest BCUT2D eigenvalue weighted by atomic mass is 9.99. The number of ketones is 1. The van der Waals surface area contributed by atoms with Crippen LogP contribution in [0.4, 0.5) is 0 Å². The van der Waals surface area contributed by atoms with Crippen LogP contribution < -0.4 is 9.47 Å². The van der Waals surface area contributed by atoms with Crippen molar-refractivity contribution in [2.24, 2.45) is 0 Å². The lowest BCUT2D eigenvalue weighted by molar-refractivity contribution is -0.140. The summed E-state index contributed by atoms with van der Waals surface area (Å²) in [4.78, 5) is 28.0. The summed E-state index contributed by atoms with van der Waals surface area (Å²) >= 11 is 1.41. The van der Waals surface area contributed by atoms with Gasteiger partial charge in [0.2, 0.25) is 0 Å². The first-order valence-corrected chi connectivity index (χ1v) is 10.3. The van der Waals surface area contributed by atoms with Gasteiger partial charge < -0.3 is 23.9 Å². The second kappa shape index (κ2) is 7.38. The van der Waals surface area contributed by atoms with Gasteiger partial charge in [0.05, 0.1) is 18.4 Å². The highest BCUT2D eigenvalue weighted by Crippen LogP contribution is 2.43. The highest BCUT2D eigenvalue weighted by molar-refractivity contribution is 7.10. The van der Waals surface area contributed by atoms with E-state index in [1.807, 2.05) is 17.5 Å². The summed E-state index contributed by atoms with van der Waals surface area (Å²) in [7, 11) is 0. The number of ether oxygens (including phenoxy) is 2. The van der Waals surface area contributed by atoms with Crippen molar-refractivity contribution in [2.45, 2.75) is 12.6 Å². The molecule has 2 aromatic heterocycles. The number of Topliss-reactive ketones (excluding diaryl/α,β-unsaturated/α-hetero) is 1. The van der Waals surface area contributed by atoms with Crippen molar-refractivity contribution < 1.29 is 28.6 Å². The average Bonchev–Trinajstić information content (AvgIpc) is 3.52. The predicted molar refractivity (Wildman–Crippen MR) is 108 cm³/mol. The smallest absolute Gasteiger partial charge is 0.296 e. The number of hydrogen-bond donors (Lipinski definition) is 1. The van der Waals surface area contributed by atoms with E-state index in [2.05, 4.69) is 0 Å². The molecule has 0 aliphatic carbocycles. The van der Waals surface area contributed by atoms with E-state index in [0.29, 0.717) is 36.0 Å². The van der Waals surface area contributed by atoms with Gasteiger partial charge in [-0.1, -0.05) is 6.07 Å². The molecule has 1 aromatic carbocycles. The summed E-state index contributed by atoms with van der Waals surface area (Å²) in [6, 6.07) is 11.4. The molecule has 1 fully saturated rings. The fourth-order valence-corrected chi connectivity index (χ4v) is 4.55. The van der Waals surface area contributed by atoms with Crippen molar-refractivity contribution in [1.29, 1.82) is 0 Å². The number of fused-ring (bicyclic) bond motifs is 1. The van der Waals surface area contributed by atoms with Crippen LogP contribution >= 0.6 is 11.3 Å². The number of benzene rings is 1. The zero-order valence-electron chi connectivity index (χ0n) is 15.7. The number of furan rings is 1. The lowest BCUT2D eigenvalue weighted by Gasteiger charge is -2.23. The summed E-state index contributed by atoms with van der Waals surface area (Å²) in [6.07, 6.45) is 1.52. The van der Waals surface area contributed by atoms with E-state index in [1.54, 1.807) is 30.3 Å². The summed E-state index contributed by atoms with van der Waals surface area (Å²) in [5, 5.41) is 13.0. The number of thiophene rings is 1. The van der Waals surface area contributed by atoms with Crippen LogP contribution in [-0.2, 0) is 16.1 Å². The molecular weight excluding hydrogens is 406 g/mol. The quantitative estimate of drug-likeness (QED) is 0.391. The lowest BCUT2D eigenvalue weighted by Crippen LogP contribution is -2.28. The second-order valence-electron chi connectivity index (χ2n) is 6.88. The number of likely N-dealkylation sites (tertiary alicyclic amines) is 1.